The van der Waals surface area contributed by atoms with E-state index in [2.05, 4.69) is 5.32 Å². The maximum absolute atomic E-state index is 12.3. The van der Waals surface area contributed by atoms with Crippen molar-refractivity contribution in [3.63, 3.8) is 0 Å². The molecule has 0 aliphatic rings. The zero-order chi connectivity index (χ0) is 17.1. The van der Waals surface area contributed by atoms with Crippen LogP contribution in [0.25, 0.3) is 0 Å². The first-order chi connectivity index (χ1) is 10.8. The van der Waals surface area contributed by atoms with Crippen LogP contribution in [0.1, 0.15) is 39.0 Å². The Kier molecular flexibility index (Phi) is 4.51. The van der Waals surface area contributed by atoms with Crippen LogP contribution in [0.2, 0.25) is 0 Å². The Bertz CT molecular complexity index is 796. The summed E-state index contributed by atoms with van der Waals surface area (Å²) < 4.78 is 5.37. The predicted octanol–water partition coefficient (Wildman–Crippen LogP) is 2.98. The summed E-state index contributed by atoms with van der Waals surface area (Å²) in [7, 11) is 3.81. The van der Waals surface area contributed by atoms with Gasteiger partial charge < -0.3 is 9.32 Å². The molecule has 0 radical (unpaired) electrons. The molecule has 0 saturated carbocycles. The number of nitrogens with zero attached hydrogens (tertiary/aromatic N) is 2. The molecular weight excluding hydrogens is 294 g/mol. The topological polar surface area (TPSA) is 86.3 Å². The number of anilines is 2. The zero-order valence-electron chi connectivity index (χ0n) is 13.4. The fourth-order valence-corrected chi connectivity index (χ4v) is 2.25. The largest absolute Gasteiger partial charge is 0.443 e. The number of Topliss-reactive ketones (excluding diaryl/α,β-unsaturated/α-hetero) is 1. The Morgan fingerprint density at radius 2 is 1.83 bits per heavy atom. The Morgan fingerprint density at radius 1 is 1.22 bits per heavy atom. The van der Waals surface area contributed by atoms with Crippen LogP contribution in [0, 0.1) is 18.3 Å². The summed E-state index contributed by atoms with van der Waals surface area (Å²) >= 11 is 0. The van der Waals surface area contributed by atoms with E-state index < -0.39 is 5.91 Å². The fraction of sp³-hybridized carbons (Fsp3) is 0.235. The zero-order valence-corrected chi connectivity index (χ0v) is 13.4. The van der Waals surface area contributed by atoms with Crippen molar-refractivity contribution in [2.45, 2.75) is 13.8 Å². The molecule has 2 aromatic rings. The minimum atomic E-state index is -0.407. The first kappa shape index (κ1) is 16.3. The number of ketones is 1. The van der Waals surface area contributed by atoms with Gasteiger partial charge in [0.1, 0.15) is 17.4 Å². The van der Waals surface area contributed by atoms with Gasteiger partial charge >= 0.3 is 0 Å². The number of amides is 1. The van der Waals surface area contributed by atoms with Gasteiger partial charge in [0.05, 0.1) is 5.56 Å². The number of nitrogens with one attached hydrogen (secondary N) is 1. The van der Waals surface area contributed by atoms with Crippen molar-refractivity contribution in [2.24, 2.45) is 0 Å². The fourth-order valence-electron chi connectivity index (χ4n) is 2.25. The average molecular weight is 311 g/mol. The van der Waals surface area contributed by atoms with Crippen LogP contribution in [0.5, 0.6) is 0 Å². The molecule has 6 nitrogen and oxygen atoms in total. The Morgan fingerprint density at radius 3 is 2.30 bits per heavy atom. The van der Waals surface area contributed by atoms with E-state index in [4.69, 9.17) is 4.42 Å². The Labute approximate surface area is 134 Å². The number of nitriles is 1. The number of benzene rings is 1. The van der Waals surface area contributed by atoms with Gasteiger partial charge in [0.2, 0.25) is 5.88 Å². The normalized spacial score (nSPS) is 10.0. The standard InChI is InChI=1S/C17H17N3O3/c1-10(21)15-11(2)23-17(14(15)9-18)19-16(22)12-5-7-13(8-6-12)20(3)4/h5-8H,1-4H3,(H,19,22). The van der Waals surface area contributed by atoms with Crippen molar-refractivity contribution in [2.75, 3.05) is 24.3 Å². The second-order valence-electron chi connectivity index (χ2n) is 5.30. The molecule has 1 N–H and O–H groups in total. The first-order valence-electron chi connectivity index (χ1n) is 6.98. The van der Waals surface area contributed by atoms with E-state index in [1.807, 2.05) is 37.2 Å². The van der Waals surface area contributed by atoms with Crippen LogP contribution >= 0.6 is 0 Å². The van der Waals surface area contributed by atoms with Gasteiger partial charge in [-0.2, -0.15) is 5.26 Å². The Hall–Kier alpha value is -3.07. The van der Waals surface area contributed by atoms with Gasteiger partial charge in [0, 0.05) is 25.3 Å². The summed E-state index contributed by atoms with van der Waals surface area (Å²) in [6, 6.07) is 8.90. The molecule has 0 spiro atoms. The van der Waals surface area contributed by atoms with E-state index in [-0.39, 0.29) is 22.8 Å². The van der Waals surface area contributed by atoms with Gasteiger partial charge in [-0.15, -0.1) is 0 Å². The van der Waals surface area contributed by atoms with Crippen LogP contribution in [0.4, 0.5) is 11.6 Å². The van der Waals surface area contributed by atoms with E-state index in [1.165, 1.54) is 6.92 Å². The van der Waals surface area contributed by atoms with Crippen LogP contribution < -0.4 is 10.2 Å². The number of hydrogen-bond donors (Lipinski definition) is 1. The second kappa shape index (κ2) is 6.36. The maximum atomic E-state index is 12.3. The molecule has 0 saturated heterocycles. The molecule has 23 heavy (non-hydrogen) atoms. The molecule has 118 valence electrons. The number of carbonyl (C=O) groups is 2. The average Bonchev–Trinajstić information content (AvgIpc) is 2.82. The highest BCUT2D eigenvalue weighted by molar-refractivity contribution is 6.06. The highest BCUT2D eigenvalue weighted by Crippen LogP contribution is 2.27. The SMILES string of the molecule is CC(=O)c1c(C)oc(NC(=O)c2ccc(N(C)C)cc2)c1C#N. The number of hydrogen-bond acceptors (Lipinski definition) is 5. The number of rotatable bonds is 4. The summed E-state index contributed by atoms with van der Waals surface area (Å²) in [6.07, 6.45) is 0. The lowest BCUT2D eigenvalue weighted by molar-refractivity contribution is 0.101. The maximum Gasteiger partial charge on any atom is 0.258 e. The molecule has 2 rings (SSSR count). The minimum Gasteiger partial charge on any atom is -0.443 e. The third-order valence-electron chi connectivity index (χ3n) is 3.42. The number of carbonyl (C=O) groups excluding carboxylic acids is 2. The van der Waals surface area contributed by atoms with Gasteiger partial charge in [-0.1, -0.05) is 0 Å². The minimum absolute atomic E-state index is 0.00288. The summed E-state index contributed by atoms with van der Waals surface area (Å²) in [5.41, 5.74) is 1.64. The van der Waals surface area contributed by atoms with E-state index in [0.29, 0.717) is 11.3 Å². The van der Waals surface area contributed by atoms with Crippen LogP contribution in [-0.2, 0) is 0 Å². The molecule has 1 amide bonds. The van der Waals surface area contributed by atoms with Gasteiger partial charge in [0.15, 0.2) is 5.78 Å². The van der Waals surface area contributed by atoms with Gasteiger partial charge in [-0.25, -0.2) is 0 Å². The molecule has 0 fully saturated rings. The molecular formula is C17H17N3O3. The summed E-state index contributed by atoms with van der Waals surface area (Å²) in [6.45, 7) is 2.93. The molecule has 1 heterocycles. The van der Waals surface area contributed by atoms with Crippen molar-refractivity contribution in [3.05, 3.63) is 46.7 Å². The highest BCUT2D eigenvalue weighted by atomic mass is 16.4. The van der Waals surface area contributed by atoms with E-state index in [1.54, 1.807) is 19.1 Å². The lowest BCUT2D eigenvalue weighted by Crippen LogP contribution is -2.13. The van der Waals surface area contributed by atoms with Crippen molar-refractivity contribution in [3.8, 4) is 6.07 Å². The summed E-state index contributed by atoms with van der Waals surface area (Å²) in [5.74, 6) is -0.376. The molecule has 1 aromatic heterocycles. The number of aryl methyl sites for hydroxylation is 1. The Balaban J connectivity index is 2.29. The third kappa shape index (κ3) is 3.24. The molecule has 1 aromatic carbocycles. The van der Waals surface area contributed by atoms with Crippen molar-refractivity contribution >= 4 is 23.3 Å². The molecule has 0 bridgehead atoms. The highest BCUT2D eigenvalue weighted by Gasteiger charge is 2.22. The van der Waals surface area contributed by atoms with Crippen LogP contribution in [0.15, 0.2) is 28.7 Å². The molecule has 0 atom stereocenters. The van der Waals surface area contributed by atoms with E-state index >= 15 is 0 Å². The third-order valence-corrected chi connectivity index (χ3v) is 3.42. The first-order valence-corrected chi connectivity index (χ1v) is 6.98. The van der Waals surface area contributed by atoms with Gasteiger partial charge in [-0.05, 0) is 38.1 Å². The molecule has 0 aliphatic carbocycles. The van der Waals surface area contributed by atoms with Crippen molar-refractivity contribution in [1.29, 1.82) is 5.26 Å². The van der Waals surface area contributed by atoms with E-state index in [0.717, 1.165) is 5.69 Å². The second-order valence-corrected chi connectivity index (χ2v) is 5.30. The quantitative estimate of drug-likeness (QED) is 0.877. The lowest BCUT2D eigenvalue weighted by Gasteiger charge is -2.12. The van der Waals surface area contributed by atoms with Gasteiger partial charge in [0.25, 0.3) is 5.91 Å². The predicted molar refractivity (Wildman–Crippen MR) is 86.9 cm³/mol. The van der Waals surface area contributed by atoms with Crippen molar-refractivity contribution in [1.82, 2.24) is 0 Å². The van der Waals surface area contributed by atoms with Gasteiger partial charge in [-0.3, -0.25) is 14.9 Å². The van der Waals surface area contributed by atoms with Crippen molar-refractivity contribution < 1.29 is 14.0 Å². The molecule has 0 unspecified atom stereocenters. The smallest absolute Gasteiger partial charge is 0.258 e. The molecule has 6 heteroatoms. The van der Waals surface area contributed by atoms with E-state index in [9.17, 15) is 14.9 Å². The molecule has 0 aliphatic heterocycles. The lowest BCUT2D eigenvalue weighted by atomic mass is 10.1. The van der Waals surface area contributed by atoms with Crippen LogP contribution in [-0.4, -0.2) is 25.8 Å². The summed E-state index contributed by atoms with van der Waals surface area (Å²) in [4.78, 5) is 25.8. The monoisotopic (exact) mass is 311 g/mol. The number of furan rings is 1. The van der Waals surface area contributed by atoms with Crippen LogP contribution in [0.3, 0.4) is 0 Å². The summed E-state index contributed by atoms with van der Waals surface area (Å²) in [5, 5.41) is 11.8.